The highest BCUT2D eigenvalue weighted by atomic mass is 32.2. The van der Waals surface area contributed by atoms with E-state index in [-0.39, 0.29) is 22.9 Å². The lowest BCUT2D eigenvalue weighted by molar-refractivity contribution is 0.0735. The molecule has 5 nitrogen and oxygen atoms in total. The minimum absolute atomic E-state index is 0.0471. The number of hydrogen-bond donors (Lipinski definition) is 1. The summed E-state index contributed by atoms with van der Waals surface area (Å²) in [6.45, 7) is 0.705. The molecule has 1 aromatic carbocycles. The minimum atomic E-state index is -3.55. The minimum Gasteiger partial charge on any atom is -0.332 e. The molecule has 1 saturated heterocycles. The Morgan fingerprint density at radius 2 is 2.04 bits per heavy atom. The molecule has 0 bridgehead atoms. The Morgan fingerprint density at radius 1 is 1.20 bits per heavy atom. The van der Waals surface area contributed by atoms with E-state index >= 15 is 0 Å². The predicted molar refractivity (Wildman–Crippen MR) is 97.1 cm³/mol. The highest BCUT2D eigenvalue weighted by Crippen LogP contribution is 2.34. The summed E-state index contributed by atoms with van der Waals surface area (Å²) in [5.74, 6) is -0.0998. The van der Waals surface area contributed by atoms with Crippen molar-refractivity contribution in [1.29, 1.82) is 0 Å². The lowest BCUT2D eigenvalue weighted by atomic mass is 10.1. The molecule has 1 N–H and O–H groups in total. The van der Waals surface area contributed by atoms with Crippen LogP contribution >= 0.6 is 11.3 Å². The van der Waals surface area contributed by atoms with Crippen LogP contribution in [0.25, 0.3) is 0 Å². The van der Waals surface area contributed by atoms with Crippen molar-refractivity contribution in [3.8, 4) is 0 Å². The molecule has 4 rings (SSSR count). The van der Waals surface area contributed by atoms with Crippen LogP contribution in [0.4, 0.5) is 0 Å². The second-order valence-corrected chi connectivity index (χ2v) is 9.13. The number of thiophene rings is 1. The van der Waals surface area contributed by atoms with E-state index in [1.54, 1.807) is 29.5 Å². The van der Waals surface area contributed by atoms with E-state index < -0.39 is 10.0 Å². The molecule has 1 unspecified atom stereocenters. The third-order valence-corrected chi connectivity index (χ3v) is 6.95. The number of likely N-dealkylation sites (tertiary alicyclic amines) is 1. The molecule has 0 radical (unpaired) electrons. The zero-order valence-corrected chi connectivity index (χ0v) is 15.4. The molecule has 2 aromatic rings. The molecular formula is C18H20N2O3S2. The molecule has 7 heteroatoms. The van der Waals surface area contributed by atoms with Crippen molar-refractivity contribution in [1.82, 2.24) is 9.62 Å². The number of hydrogen-bond acceptors (Lipinski definition) is 4. The van der Waals surface area contributed by atoms with Gasteiger partial charge in [0, 0.05) is 18.2 Å². The van der Waals surface area contributed by atoms with Crippen molar-refractivity contribution in [2.24, 2.45) is 0 Å². The third-order valence-electron chi connectivity index (χ3n) is 4.73. The number of carbonyl (C=O) groups excluding carboxylic acids is 1. The van der Waals surface area contributed by atoms with Crippen LogP contribution in [0.15, 0.2) is 46.0 Å². The fourth-order valence-corrected chi connectivity index (χ4v) is 5.33. The van der Waals surface area contributed by atoms with E-state index in [0.717, 1.165) is 31.2 Å². The standard InChI is InChI=1S/C18H20N2O3S2/c21-18(20-9-2-5-17(20)14-8-10-24-12-14)13-3-1-4-16(11-13)25(22,23)19-15-6-7-15/h1,3-4,8,10-12,15,17,19H,2,5-7,9H2. The van der Waals surface area contributed by atoms with Crippen molar-refractivity contribution in [2.75, 3.05) is 6.54 Å². The van der Waals surface area contributed by atoms with Crippen LogP contribution in [0.1, 0.15) is 47.6 Å². The molecule has 1 aliphatic heterocycles. The van der Waals surface area contributed by atoms with Crippen LogP contribution in [0.5, 0.6) is 0 Å². The maximum atomic E-state index is 13.0. The SMILES string of the molecule is O=C(c1cccc(S(=O)(=O)NC2CC2)c1)N1CCCC1c1ccsc1. The highest BCUT2D eigenvalue weighted by molar-refractivity contribution is 7.89. The first-order valence-corrected chi connectivity index (χ1v) is 10.9. The Kier molecular flexibility index (Phi) is 4.39. The number of carbonyl (C=O) groups is 1. The summed E-state index contributed by atoms with van der Waals surface area (Å²) in [6.07, 6.45) is 3.68. The average molecular weight is 377 g/mol. The van der Waals surface area contributed by atoms with E-state index in [2.05, 4.69) is 16.2 Å². The number of amides is 1. The van der Waals surface area contributed by atoms with Gasteiger partial charge in [-0.05, 0) is 66.3 Å². The van der Waals surface area contributed by atoms with Gasteiger partial charge in [-0.2, -0.15) is 11.3 Å². The average Bonchev–Trinajstić information content (AvgIpc) is 3.07. The van der Waals surface area contributed by atoms with Crippen LogP contribution < -0.4 is 4.72 Å². The molecule has 1 atom stereocenters. The van der Waals surface area contributed by atoms with Gasteiger partial charge in [0.05, 0.1) is 10.9 Å². The zero-order chi connectivity index (χ0) is 17.4. The van der Waals surface area contributed by atoms with Gasteiger partial charge in [0.2, 0.25) is 10.0 Å². The quantitative estimate of drug-likeness (QED) is 0.872. The van der Waals surface area contributed by atoms with Gasteiger partial charge >= 0.3 is 0 Å². The smallest absolute Gasteiger partial charge is 0.254 e. The summed E-state index contributed by atoms with van der Waals surface area (Å²) in [4.78, 5) is 15.0. The number of nitrogens with one attached hydrogen (secondary N) is 1. The Hall–Kier alpha value is -1.70. The molecule has 2 fully saturated rings. The monoisotopic (exact) mass is 376 g/mol. The first-order valence-electron chi connectivity index (χ1n) is 8.50. The summed E-state index contributed by atoms with van der Waals surface area (Å²) in [7, 11) is -3.55. The predicted octanol–water partition coefficient (Wildman–Crippen LogP) is 3.17. The molecule has 132 valence electrons. The van der Waals surface area contributed by atoms with Crippen molar-refractivity contribution < 1.29 is 13.2 Å². The fraction of sp³-hybridized carbons (Fsp3) is 0.389. The number of nitrogens with zero attached hydrogens (tertiary/aromatic N) is 1. The Morgan fingerprint density at radius 3 is 2.76 bits per heavy atom. The normalized spacial score (nSPS) is 20.8. The molecular weight excluding hydrogens is 356 g/mol. The fourth-order valence-electron chi connectivity index (χ4n) is 3.27. The molecule has 2 heterocycles. The largest absolute Gasteiger partial charge is 0.332 e. The van der Waals surface area contributed by atoms with Crippen molar-refractivity contribution >= 4 is 27.3 Å². The van der Waals surface area contributed by atoms with Crippen molar-refractivity contribution in [2.45, 2.75) is 42.7 Å². The van der Waals surface area contributed by atoms with E-state index in [9.17, 15) is 13.2 Å². The van der Waals surface area contributed by atoms with Crippen LogP contribution in [-0.4, -0.2) is 31.8 Å². The second-order valence-electron chi connectivity index (χ2n) is 6.64. The van der Waals surface area contributed by atoms with Gasteiger partial charge < -0.3 is 4.90 Å². The van der Waals surface area contributed by atoms with Gasteiger partial charge in [0.1, 0.15) is 0 Å². The lowest BCUT2D eigenvalue weighted by Gasteiger charge is -2.24. The summed E-state index contributed by atoms with van der Waals surface area (Å²) in [5.41, 5.74) is 1.59. The Bertz CT molecular complexity index is 873. The Balaban J connectivity index is 1.59. The third kappa shape index (κ3) is 3.49. The van der Waals surface area contributed by atoms with E-state index in [0.29, 0.717) is 12.1 Å². The van der Waals surface area contributed by atoms with Gasteiger partial charge in [0.25, 0.3) is 5.91 Å². The van der Waals surface area contributed by atoms with Gasteiger partial charge in [-0.25, -0.2) is 13.1 Å². The summed E-state index contributed by atoms with van der Waals surface area (Å²) in [6, 6.07) is 8.57. The Labute approximate surface area is 151 Å². The molecule has 2 aliphatic rings. The number of rotatable bonds is 5. The molecule has 1 amide bonds. The van der Waals surface area contributed by atoms with Gasteiger partial charge in [-0.15, -0.1) is 0 Å². The topological polar surface area (TPSA) is 66.5 Å². The van der Waals surface area contributed by atoms with Gasteiger partial charge in [-0.3, -0.25) is 4.79 Å². The van der Waals surface area contributed by atoms with Crippen molar-refractivity contribution in [3.05, 3.63) is 52.2 Å². The zero-order valence-electron chi connectivity index (χ0n) is 13.7. The van der Waals surface area contributed by atoms with Gasteiger partial charge in [0.15, 0.2) is 0 Å². The van der Waals surface area contributed by atoms with Crippen LogP contribution in [0, 0.1) is 0 Å². The van der Waals surface area contributed by atoms with E-state index in [4.69, 9.17) is 0 Å². The van der Waals surface area contributed by atoms with Crippen LogP contribution in [0.3, 0.4) is 0 Å². The van der Waals surface area contributed by atoms with Crippen molar-refractivity contribution in [3.63, 3.8) is 0 Å². The molecule has 1 aromatic heterocycles. The maximum absolute atomic E-state index is 13.0. The summed E-state index contributed by atoms with van der Waals surface area (Å²) >= 11 is 1.63. The summed E-state index contributed by atoms with van der Waals surface area (Å²) < 4.78 is 27.5. The molecule has 0 spiro atoms. The van der Waals surface area contributed by atoms with Crippen LogP contribution in [0.2, 0.25) is 0 Å². The number of benzene rings is 1. The van der Waals surface area contributed by atoms with Crippen LogP contribution in [-0.2, 0) is 10.0 Å². The van der Waals surface area contributed by atoms with E-state index in [1.807, 2.05) is 10.3 Å². The maximum Gasteiger partial charge on any atom is 0.254 e. The highest BCUT2D eigenvalue weighted by Gasteiger charge is 2.32. The first kappa shape index (κ1) is 16.8. The second kappa shape index (κ2) is 6.55. The van der Waals surface area contributed by atoms with Gasteiger partial charge in [-0.1, -0.05) is 6.07 Å². The molecule has 1 aliphatic carbocycles. The lowest BCUT2D eigenvalue weighted by Crippen LogP contribution is -2.31. The first-order chi connectivity index (χ1) is 12.0. The molecule has 1 saturated carbocycles. The summed E-state index contributed by atoms with van der Waals surface area (Å²) in [5, 5.41) is 4.10. The van der Waals surface area contributed by atoms with E-state index in [1.165, 1.54) is 6.07 Å². The number of sulfonamides is 1. The molecule has 25 heavy (non-hydrogen) atoms.